The fourth-order valence-corrected chi connectivity index (χ4v) is 11.3. The first-order chi connectivity index (χ1) is 22.4. The molecule has 8 rings (SSSR count). The van der Waals surface area contributed by atoms with Crippen LogP contribution in [0.2, 0.25) is 0 Å². The van der Waals surface area contributed by atoms with Crippen molar-refractivity contribution in [3.8, 4) is 11.8 Å². The van der Waals surface area contributed by atoms with Crippen LogP contribution < -0.4 is 5.73 Å². The van der Waals surface area contributed by atoms with Crippen molar-refractivity contribution in [2.75, 3.05) is 6.54 Å². The molecular formula is C40H45NO5. The quantitative estimate of drug-likeness (QED) is 0.216. The number of ketones is 1. The summed E-state index contributed by atoms with van der Waals surface area (Å²) < 4.78 is 13.0. The molecule has 7 aliphatic rings. The van der Waals surface area contributed by atoms with Crippen molar-refractivity contribution >= 4 is 17.7 Å². The van der Waals surface area contributed by atoms with Gasteiger partial charge < -0.3 is 15.2 Å². The number of fused-ring (bicyclic) bond motifs is 4. The predicted octanol–water partition coefficient (Wildman–Crippen LogP) is 6.38. The summed E-state index contributed by atoms with van der Waals surface area (Å²) in [4.78, 5) is 43.0. The molecule has 1 saturated heterocycles. The zero-order chi connectivity index (χ0) is 31.7. The second-order valence-corrected chi connectivity index (χ2v) is 15.0. The van der Waals surface area contributed by atoms with Gasteiger partial charge in [0.25, 0.3) is 0 Å². The maximum atomic E-state index is 14.7. The van der Waals surface area contributed by atoms with Gasteiger partial charge in [0.05, 0.1) is 11.0 Å². The second kappa shape index (κ2) is 11.1. The molecule has 6 nitrogen and oxygen atoms in total. The van der Waals surface area contributed by atoms with Crippen molar-refractivity contribution in [2.45, 2.75) is 89.3 Å². The first-order valence-corrected chi connectivity index (χ1v) is 17.7. The van der Waals surface area contributed by atoms with Gasteiger partial charge in [-0.15, -0.1) is 5.92 Å². The van der Waals surface area contributed by atoms with Crippen LogP contribution in [-0.4, -0.2) is 30.4 Å². The molecule has 46 heavy (non-hydrogen) atoms. The second-order valence-electron chi connectivity index (χ2n) is 15.0. The molecule has 0 radical (unpaired) electrons. The average molecular weight is 620 g/mol. The summed E-state index contributed by atoms with van der Waals surface area (Å²) in [6, 6.07) is 5.97. The van der Waals surface area contributed by atoms with Gasteiger partial charge in [-0.3, -0.25) is 9.59 Å². The highest BCUT2D eigenvalue weighted by Crippen LogP contribution is 2.83. The summed E-state index contributed by atoms with van der Waals surface area (Å²) in [7, 11) is 0. The van der Waals surface area contributed by atoms with Crippen LogP contribution in [0.1, 0.15) is 92.6 Å². The molecule has 2 bridgehead atoms. The van der Waals surface area contributed by atoms with Gasteiger partial charge >= 0.3 is 11.9 Å². The van der Waals surface area contributed by atoms with Crippen LogP contribution in [0.3, 0.4) is 0 Å². The number of hydrogen-bond acceptors (Lipinski definition) is 6. The highest BCUT2D eigenvalue weighted by Gasteiger charge is 2.92. The zero-order valence-corrected chi connectivity index (χ0v) is 26.8. The smallest absolute Gasteiger partial charge is 0.339 e. The third-order valence-corrected chi connectivity index (χ3v) is 12.9. The van der Waals surface area contributed by atoms with Gasteiger partial charge in [-0.1, -0.05) is 80.3 Å². The number of carbonyl (C=O) groups excluding carboxylic acids is 3. The lowest BCUT2D eigenvalue weighted by atomic mass is 9.30. The molecule has 1 aromatic carbocycles. The Morgan fingerprint density at radius 1 is 1.09 bits per heavy atom. The van der Waals surface area contributed by atoms with E-state index < -0.39 is 22.5 Å². The highest BCUT2D eigenvalue weighted by atomic mass is 16.6. The van der Waals surface area contributed by atoms with Crippen LogP contribution in [0.15, 0.2) is 54.7 Å². The summed E-state index contributed by atoms with van der Waals surface area (Å²) >= 11 is 0. The monoisotopic (exact) mass is 619 g/mol. The lowest BCUT2D eigenvalue weighted by molar-refractivity contribution is -0.294. The lowest BCUT2D eigenvalue weighted by Gasteiger charge is -2.70. The van der Waals surface area contributed by atoms with E-state index in [0.717, 1.165) is 36.8 Å². The van der Waals surface area contributed by atoms with Crippen LogP contribution >= 0.6 is 0 Å². The number of nitrogens with two attached hydrogens (primary N) is 1. The summed E-state index contributed by atoms with van der Waals surface area (Å²) in [5.41, 5.74) is 5.00. The van der Waals surface area contributed by atoms with Crippen LogP contribution in [0.5, 0.6) is 0 Å². The van der Waals surface area contributed by atoms with E-state index in [1.54, 1.807) is 0 Å². The van der Waals surface area contributed by atoms with E-state index in [4.69, 9.17) is 15.2 Å². The molecule has 240 valence electrons. The Kier molecular flexibility index (Phi) is 7.21. The van der Waals surface area contributed by atoms with E-state index in [9.17, 15) is 14.4 Å². The van der Waals surface area contributed by atoms with Gasteiger partial charge in [0, 0.05) is 30.2 Å². The van der Waals surface area contributed by atoms with E-state index >= 15 is 0 Å². The first-order valence-electron chi connectivity index (χ1n) is 17.7. The van der Waals surface area contributed by atoms with Gasteiger partial charge in [0.1, 0.15) is 5.41 Å². The van der Waals surface area contributed by atoms with Crippen molar-refractivity contribution in [1.82, 2.24) is 0 Å². The Hall–Kier alpha value is -3.43. The number of benzene rings is 1. The Bertz CT molecular complexity index is 1630. The molecule has 1 aromatic rings. The van der Waals surface area contributed by atoms with Gasteiger partial charge in [0.15, 0.2) is 17.5 Å². The van der Waals surface area contributed by atoms with Gasteiger partial charge in [-0.05, 0) is 80.7 Å². The molecule has 0 unspecified atom stereocenters. The molecule has 3 fully saturated rings. The topological polar surface area (TPSA) is 95.7 Å². The molecule has 10 atom stereocenters. The largest absolute Gasteiger partial charge is 0.453 e. The van der Waals surface area contributed by atoms with E-state index in [1.807, 2.05) is 24.3 Å². The minimum absolute atomic E-state index is 0.0393. The molecule has 0 amide bonds. The Morgan fingerprint density at radius 3 is 2.80 bits per heavy atom. The number of rotatable bonds is 7. The molecule has 5 aliphatic carbocycles. The summed E-state index contributed by atoms with van der Waals surface area (Å²) in [6.07, 6.45) is 21.0. The fourth-order valence-electron chi connectivity index (χ4n) is 11.3. The predicted molar refractivity (Wildman–Crippen MR) is 174 cm³/mol. The van der Waals surface area contributed by atoms with Crippen molar-refractivity contribution in [2.24, 2.45) is 52.1 Å². The van der Waals surface area contributed by atoms with Crippen molar-refractivity contribution in [3.05, 3.63) is 71.3 Å². The lowest BCUT2D eigenvalue weighted by Crippen LogP contribution is -2.78. The Morgan fingerprint density at radius 2 is 1.96 bits per heavy atom. The Labute approximate surface area is 272 Å². The molecule has 2 spiro atoms. The van der Waals surface area contributed by atoms with Gasteiger partial charge in [-0.2, -0.15) is 0 Å². The molecule has 6 heteroatoms. The van der Waals surface area contributed by atoms with Crippen molar-refractivity contribution in [3.63, 3.8) is 0 Å². The third kappa shape index (κ3) is 3.84. The standard InChI is InChI=1S/C40H45NO5/c1-2-9-33-38-20-19-25-10-5-11-26(22-29-15-6-13-27-12-3-4-17-30(27)29)23-32(42)35(45-37(38)44)39(38,24-25)40(33)31-18-7-14-28(16-8-21-41)34(31)36(43)46-40/h3-4,7,12,14,17-20,25-27,29-30,33,35H,2,6,8-9,11,13,15-16,21-24,41H2,1H3/t25-,26+,27+,29-,30+,33+,35+,38-,39+,40-/m0/s1. The molecule has 2 saturated carbocycles. The van der Waals surface area contributed by atoms with Crippen LogP contribution in [0, 0.1) is 58.2 Å². The average Bonchev–Trinajstić information content (AvgIpc) is 3.52. The molecule has 2 aliphatic heterocycles. The fraction of sp³-hybridized carbons (Fsp3) is 0.575. The third-order valence-electron chi connectivity index (χ3n) is 12.9. The van der Waals surface area contributed by atoms with Gasteiger partial charge in [-0.25, -0.2) is 4.79 Å². The summed E-state index contributed by atoms with van der Waals surface area (Å²) in [6.45, 7) is 2.62. The van der Waals surface area contributed by atoms with Gasteiger partial charge in [0.2, 0.25) is 0 Å². The molecule has 0 aromatic heterocycles. The molecule has 2 heterocycles. The van der Waals surface area contributed by atoms with E-state index in [0.29, 0.717) is 62.0 Å². The van der Waals surface area contributed by atoms with E-state index in [-0.39, 0.29) is 35.5 Å². The number of ether oxygens (including phenoxy) is 2. The summed E-state index contributed by atoms with van der Waals surface area (Å²) in [5.74, 6) is 7.49. The minimum atomic E-state index is -1.13. The maximum Gasteiger partial charge on any atom is 0.339 e. The first kappa shape index (κ1) is 29.9. The SMILES string of the molecule is CCC[C@@H]1[C@@]23C=C[C@@H]4C#CC[C@H](C[C@@H]5CCC[C@H]6C=CC=C[C@@H]56)CC(=O)[C@@H](OC2=O)[C@@]3(C4)[C@@]12OC(=O)c1c(CCCN)cccc12. The van der Waals surface area contributed by atoms with E-state index in [2.05, 4.69) is 49.1 Å². The van der Waals surface area contributed by atoms with Crippen molar-refractivity contribution < 1.29 is 23.9 Å². The number of aryl methyl sites for hydroxylation is 1. The Balaban J connectivity index is 1.22. The van der Waals surface area contributed by atoms with Crippen LogP contribution in [-0.2, 0) is 31.1 Å². The maximum absolute atomic E-state index is 14.7. The number of Topliss-reactive ketones (excluding diaryl/α,β-unsaturated/α-hetero) is 1. The number of hydrogen-bond donors (Lipinski definition) is 1. The normalized spacial score (nSPS) is 41.1. The number of carbonyl (C=O) groups is 3. The molecule has 2 N–H and O–H groups in total. The zero-order valence-electron chi connectivity index (χ0n) is 26.8. The minimum Gasteiger partial charge on any atom is -0.453 e. The molecular weight excluding hydrogens is 574 g/mol. The number of allylic oxidation sites excluding steroid dienone is 5. The van der Waals surface area contributed by atoms with Crippen LogP contribution in [0.4, 0.5) is 0 Å². The highest BCUT2D eigenvalue weighted by molar-refractivity contribution is 6.01. The summed E-state index contributed by atoms with van der Waals surface area (Å²) in [5, 5.41) is 0. The van der Waals surface area contributed by atoms with E-state index in [1.165, 1.54) is 12.8 Å². The van der Waals surface area contributed by atoms with Crippen LogP contribution in [0.25, 0.3) is 0 Å². The number of esters is 2. The van der Waals surface area contributed by atoms with Crippen molar-refractivity contribution in [1.29, 1.82) is 0 Å².